The molecule has 0 aliphatic heterocycles. The van der Waals surface area contributed by atoms with Crippen LogP contribution < -0.4 is 5.32 Å². The van der Waals surface area contributed by atoms with Gasteiger partial charge in [0.25, 0.3) is 0 Å². The molecule has 2 heteroatoms. The minimum atomic E-state index is 0.363. The minimum Gasteiger partial charge on any atom is -0.310 e. The fourth-order valence-corrected chi connectivity index (χ4v) is 3.17. The van der Waals surface area contributed by atoms with Gasteiger partial charge in [-0.25, -0.2) is 0 Å². The number of benzene rings is 2. The highest BCUT2D eigenvalue weighted by molar-refractivity contribution is 9.10. The van der Waals surface area contributed by atoms with E-state index in [0.717, 1.165) is 19.4 Å². The number of hydrogen-bond donors (Lipinski definition) is 1. The molecule has 2 aromatic carbocycles. The molecule has 0 saturated carbocycles. The Hall–Kier alpha value is -1.12. The third-order valence-corrected chi connectivity index (χ3v) is 4.44. The summed E-state index contributed by atoms with van der Waals surface area (Å²) in [4.78, 5) is 0. The second-order valence-electron chi connectivity index (χ2n) is 5.72. The molecule has 112 valence electrons. The largest absolute Gasteiger partial charge is 0.310 e. The molecule has 0 aromatic heterocycles. The van der Waals surface area contributed by atoms with Crippen molar-refractivity contribution in [2.45, 2.75) is 39.7 Å². The molecule has 0 amide bonds. The average molecular weight is 346 g/mol. The van der Waals surface area contributed by atoms with Crippen LogP contribution in [0, 0.1) is 13.8 Å². The van der Waals surface area contributed by atoms with Crippen LogP contribution in [0.15, 0.2) is 46.9 Å². The Bertz CT molecular complexity index is 572. The number of halogens is 1. The van der Waals surface area contributed by atoms with Crippen molar-refractivity contribution in [1.82, 2.24) is 5.32 Å². The molecular weight excluding hydrogens is 322 g/mol. The quantitative estimate of drug-likeness (QED) is 0.743. The van der Waals surface area contributed by atoms with Crippen LogP contribution in [0.2, 0.25) is 0 Å². The molecule has 0 aliphatic rings. The van der Waals surface area contributed by atoms with Crippen molar-refractivity contribution in [3.05, 3.63) is 69.2 Å². The van der Waals surface area contributed by atoms with Crippen LogP contribution in [0.4, 0.5) is 0 Å². The molecule has 0 radical (unpaired) electrons. The lowest BCUT2D eigenvalue weighted by molar-refractivity contribution is 0.528. The Morgan fingerprint density at radius 3 is 2.33 bits per heavy atom. The Labute approximate surface area is 136 Å². The molecule has 1 nitrogen and oxygen atoms in total. The van der Waals surface area contributed by atoms with Gasteiger partial charge >= 0.3 is 0 Å². The summed E-state index contributed by atoms with van der Waals surface area (Å²) < 4.78 is 1.19. The summed E-state index contributed by atoms with van der Waals surface area (Å²) in [5.74, 6) is 0. The average Bonchev–Trinajstić information content (AvgIpc) is 2.44. The smallest absolute Gasteiger partial charge is 0.0361 e. The van der Waals surface area contributed by atoms with Crippen LogP contribution >= 0.6 is 15.9 Å². The van der Waals surface area contributed by atoms with E-state index in [1.54, 1.807) is 0 Å². The van der Waals surface area contributed by atoms with E-state index in [-0.39, 0.29) is 0 Å². The molecule has 0 bridgehead atoms. The first-order chi connectivity index (χ1) is 10.1. The van der Waals surface area contributed by atoms with Crippen LogP contribution in [0.1, 0.15) is 41.6 Å². The lowest BCUT2D eigenvalue weighted by atomic mass is 9.96. The highest BCUT2D eigenvalue weighted by atomic mass is 79.9. The second-order valence-corrected chi connectivity index (χ2v) is 6.58. The Morgan fingerprint density at radius 2 is 1.71 bits per heavy atom. The number of aryl methyl sites for hydroxylation is 2. The predicted octanol–water partition coefficient (Wildman–Crippen LogP) is 5.35. The van der Waals surface area contributed by atoms with E-state index < -0.39 is 0 Å². The van der Waals surface area contributed by atoms with Crippen molar-refractivity contribution in [2.24, 2.45) is 0 Å². The Kier molecular flexibility index (Phi) is 6.01. The molecule has 1 N–H and O–H groups in total. The van der Waals surface area contributed by atoms with Crippen LogP contribution in [0.25, 0.3) is 0 Å². The maximum Gasteiger partial charge on any atom is 0.0361 e. The zero-order valence-corrected chi connectivity index (χ0v) is 14.7. The first-order valence-electron chi connectivity index (χ1n) is 7.65. The Balaban J connectivity index is 2.27. The lowest BCUT2D eigenvalue weighted by Crippen LogP contribution is -2.24. The predicted molar refractivity (Wildman–Crippen MR) is 94.8 cm³/mol. The zero-order chi connectivity index (χ0) is 15.2. The molecule has 2 aromatic rings. The summed E-state index contributed by atoms with van der Waals surface area (Å²) in [6, 6.07) is 15.7. The van der Waals surface area contributed by atoms with Gasteiger partial charge in [0, 0.05) is 10.5 Å². The number of nitrogens with one attached hydrogen (secondary N) is 1. The maximum atomic E-state index is 3.70. The van der Waals surface area contributed by atoms with Crippen molar-refractivity contribution in [1.29, 1.82) is 0 Å². The van der Waals surface area contributed by atoms with Gasteiger partial charge in [-0.2, -0.15) is 0 Å². The second kappa shape index (κ2) is 7.77. The third-order valence-electron chi connectivity index (χ3n) is 3.67. The van der Waals surface area contributed by atoms with Gasteiger partial charge in [-0.1, -0.05) is 70.4 Å². The summed E-state index contributed by atoms with van der Waals surface area (Å²) >= 11 is 3.67. The minimum absolute atomic E-state index is 0.363. The summed E-state index contributed by atoms with van der Waals surface area (Å²) in [6.45, 7) is 7.60. The van der Waals surface area contributed by atoms with E-state index in [1.807, 2.05) is 0 Å². The van der Waals surface area contributed by atoms with E-state index in [2.05, 4.69) is 84.5 Å². The van der Waals surface area contributed by atoms with Crippen molar-refractivity contribution >= 4 is 15.9 Å². The van der Waals surface area contributed by atoms with Gasteiger partial charge in [0.05, 0.1) is 0 Å². The van der Waals surface area contributed by atoms with Crippen molar-refractivity contribution in [2.75, 3.05) is 6.54 Å². The monoisotopic (exact) mass is 345 g/mol. The summed E-state index contributed by atoms with van der Waals surface area (Å²) in [7, 11) is 0. The van der Waals surface area contributed by atoms with E-state index in [0.29, 0.717) is 6.04 Å². The molecule has 0 spiro atoms. The maximum absolute atomic E-state index is 3.70. The summed E-state index contributed by atoms with van der Waals surface area (Å²) in [5.41, 5.74) is 5.41. The fourth-order valence-electron chi connectivity index (χ4n) is 2.72. The van der Waals surface area contributed by atoms with Crippen LogP contribution in [0.5, 0.6) is 0 Å². The van der Waals surface area contributed by atoms with Crippen molar-refractivity contribution in [3.63, 3.8) is 0 Å². The standard InChI is InChI=1S/C19H24BrN/c1-4-9-21-19(13-16-7-5-6-8-18(16)20)17-11-14(2)10-15(3)12-17/h5-8,10-12,19,21H,4,9,13H2,1-3H3. The van der Waals surface area contributed by atoms with Gasteiger partial charge in [-0.15, -0.1) is 0 Å². The van der Waals surface area contributed by atoms with E-state index in [9.17, 15) is 0 Å². The van der Waals surface area contributed by atoms with Gasteiger partial charge < -0.3 is 5.32 Å². The third kappa shape index (κ3) is 4.69. The van der Waals surface area contributed by atoms with E-state index in [1.165, 1.54) is 26.7 Å². The summed E-state index contributed by atoms with van der Waals surface area (Å²) in [6.07, 6.45) is 2.15. The highest BCUT2D eigenvalue weighted by Crippen LogP contribution is 2.25. The highest BCUT2D eigenvalue weighted by Gasteiger charge is 2.13. The van der Waals surface area contributed by atoms with E-state index >= 15 is 0 Å². The van der Waals surface area contributed by atoms with Gasteiger partial charge in [-0.3, -0.25) is 0 Å². The van der Waals surface area contributed by atoms with Gasteiger partial charge in [0.15, 0.2) is 0 Å². The summed E-state index contributed by atoms with van der Waals surface area (Å²) in [5, 5.41) is 3.70. The molecule has 0 heterocycles. The van der Waals surface area contributed by atoms with Gasteiger partial charge in [0.1, 0.15) is 0 Å². The number of hydrogen-bond acceptors (Lipinski definition) is 1. The molecule has 0 fully saturated rings. The van der Waals surface area contributed by atoms with Crippen molar-refractivity contribution < 1.29 is 0 Å². The Morgan fingerprint density at radius 1 is 1.05 bits per heavy atom. The molecule has 2 rings (SSSR count). The van der Waals surface area contributed by atoms with Crippen molar-refractivity contribution in [3.8, 4) is 0 Å². The number of rotatable bonds is 6. The molecule has 0 saturated heterocycles. The first kappa shape index (κ1) is 16.3. The molecule has 0 aliphatic carbocycles. The fraction of sp³-hybridized carbons (Fsp3) is 0.368. The van der Waals surface area contributed by atoms with Crippen LogP contribution in [-0.4, -0.2) is 6.54 Å². The lowest BCUT2D eigenvalue weighted by Gasteiger charge is -2.21. The normalized spacial score (nSPS) is 12.4. The topological polar surface area (TPSA) is 12.0 Å². The van der Waals surface area contributed by atoms with Crippen LogP contribution in [-0.2, 0) is 6.42 Å². The van der Waals surface area contributed by atoms with Gasteiger partial charge in [0.2, 0.25) is 0 Å². The van der Waals surface area contributed by atoms with Gasteiger partial charge in [-0.05, 0) is 50.4 Å². The SMILES string of the molecule is CCCNC(Cc1ccccc1Br)c1cc(C)cc(C)c1. The molecular formula is C19H24BrN. The molecule has 21 heavy (non-hydrogen) atoms. The zero-order valence-electron chi connectivity index (χ0n) is 13.1. The van der Waals surface area contributed by atoms with E-state index in [4.69, 9.17) is 0 Å². The molecule has 1 unspecified atom stereocenters. The molecule has 1 atom stereocenters. The van der Waals surface area contributed by atoms with Crippen LogP contribution in [0.3, 0.4) is 0 Å². The first-order valence-corrected chi connectivity index (χ1v) is 8.44.